The van der Waals surface area contributed by atoms with E-state index >= 15 is 0 Å². The summed E-state index contributed by atoms with van der Waals surface area (Å²) in [7, 11) is 0. The molecule has 2 N–H and O–H groups in total. The van der Waals surface area contributed by atoms with Gasteiger partial charge in [0.1, 0.15) is 5.82 Å². The van der Waals surface area contributed by atoms with Gasteiger partial charge in [-0.15, -0.1) is 0 Å². The maximum atomic E-state index is 14.1. The number of carbonyl (C=O) groups excluding carboxylic acids is 1. The van der Waals surface area contributed by atoms with E-state index in [1.807, 2.05) is 12.1 Å². The molecule has 0 unspecified atom stereocenters. The highest BCUT2D eigenvalue weighted by molar-refractivity contribution is 9.10. The Kier molecular flexibility index (Phi) is 7.44. The van der Waals surface area contributed by atoms with Gasteiger partial charge in [-0.2, -0.15) is 0 Å². The van der Waals surface area contributed by atoms with Crippen LogP contribution in [0.25, 0.3) is 10.9 Å². The Bertz CT molecular complexity index is 1090. The first kappa shape index (κ1) is 21.5. The number of hydrogen-bond donors (Lipinski definition) is 1. The van der Waals surface area contributed by atoms with Crippen LogP contribution in [0.4, 0.5) is 4.39 Å². The number of rotatable bonds is 9. The molecule has 0 aliphatic carbocycles. The van der Waals surface area contributed by atoms with Crippen molar-refractivity contribution in [1.29, 1.82) is 0 Å². The van der Waals surface area contributed by atoms with E-state index in [1.165, 1.54) is 17.8 Å². The Morgan fingerprint density at radius 3 is 2.76 bits per heavy atom. The third-order valence-corrected chi connectivity index (χ3v) is 6.01. The minimum atomic E-state index is -0.318. The van der Waals surface area contributed by atoms with Gasteiger partial charge in [-0.25, -0.2) is 9.37 Å². The molecule has 1 heterocycles. The van der Waals surface area contributed by atoms with Crippen LogP contribution in [0.3, 0.4) is 0 Å². The molecule has 152 valence electrons. The fraction of sp³-hybridized carbons (Fsp3) is 0.286. The molecule has 0 bridgehead atoms. The van der Waals surface area contributed by atoms with Gasteiger partial charge in [0.2, 0.25) is 5.91 Å². The minimum absolute atomic E-state index is 0.109. The SMILES string of the molecule is NC(=O)CCCCCn1c(SCc2cc(Br)ccc2F)nc2ccccc2c1=O. The second-order valence-corrected chi connectivity index (χ2v) is 8.53. The zero-order valence-corrected chi connectivity index (χ0v) is 18.1. The fourth-order valence-electron chi connectivity index (χ4n) is 3.00. The van der Waals surface area contributed by atoms with Crippen LogP contribution in [0.15, 0.2) is 56.9 Å². The largest absolute Gasteiger partial charge is 0.370 e. The summed E-state index contributed by atoms with van der Waals surface area (Å²) in [5.41, 5.74) is 6.23. The number of para-hydroxylation sites is 1. The van der Waals surface area contributed by atoms with Gasteiger partial charge in [-0.3, -0.25) is 14.2 Å². The first-order valence-corrected chi connectivity index (χ1v) is 11.1. The number of primary amides is 1. The molecule has 3 aromatic rings. The van der Waals surface area contributed by atoms with Crippen molar-refractivity contribution in [3.8, 4) is 0 Å². The summed E-state index contributed by atoms with van der Waals surface area (Å²) in [6, 6.07) is 12.0. The van der Waals surface area contributed by atoms with Gasteiger partial charge < -0.3 is 5.73 Å². The molecule has 2 aromatic carbocycles. The van der Waals surface area contributed by atoms with Crippen LogP contribution < -0.4 is 11.3 Å². The maximum absolute atomic E-state index is 14.1. The standard InChI is InChI=1S/C21H21BrFN3O2S/c22-15-9-10-17(23)14(12-15)13-29-21-25-18-7-4-3-6-16(18)20(28)26(21)11-5-1-2-8-19(24)27/h3-4,6-7,9-10,12H,1-2,5,8,11,13H2,(H2,24,27). The molecule has 8 heteroatoms. The van der Waals surface area contributed by atoms with Crippen LogP contribution in [0.1, 0.15) is 31.2 Å². The second-order valence-electron chi connectivity index (χ2n) is 6.67. The summed E-state index contributed by atoms with van der Waals surface area (Å²) in [5.74, 6) is -0.249. The van der Waals surface area contributed by atoms with E-state index in [9.17, 15) is 14.0 Å². The Morgan fingerprint density at radius 1 is 1.17 bits per heavy atom. The molecule has 0 spiro atoms. The first-order chi connectivity index (χ1) is 14.0. The predicted octanol–water partition coefficient (Wildman–Crippen LogP) is 4.64. The van der Waals surface area contributed by atoms with Gasteiger partial charge in [-0.05, 0) is 48.7 Å². The second kappa shape index (κ2) is 10.0. The summed E-state index contributed by atoms with van der Waals surface area (Å²) in [6.45, 7) is 0.485. The average Bonchev–Trinajstić information content (AvgIpc) is 2.70. The zero-order valence-electron chi connectivity index (χ0n) is 15.7. The van der Waals surface area contributed by atoms with E-state index in [0.29, 0.717) is 46.8 Å². The van der Waals surface area contributed by atoms with Crippen molar-refractivity contribution >= 4 is 44.5 Å². The number of fused-ring (bicyclic) bond motifs is 1. The first-order valence-electron chi connectivity index (χ1n) is 9.30. The lowest BCUT2D eigenvalue weighted by molar-refractivity contribution is -0.118. The number of nitrogens with zero attached hydrogens (tertiary/aromatic N) is 2. The van der Waals surface area contributed by atoms with Crippen molar-refractivity contribution < 1.29 is 9.18 Å². The normalized spacial score (nSPS) is 11.1. The number of thioether (sulfide) groups is 1. The minimum Gasteiger partial charge on any atom is -0.370 e. The molecule has 5 nitrogen and oxygen atoms in total. The highest BCUT2D eigenvalue weighted by Gasteiger charge is 2.13. The number of benzene rings is 2. The quantitative estimate of drug-likeness (QED) is 0.276. The van der Waals surface area contributed by atoms with E-state index in [0.717, 1.165) is 17.3 Å². The van der Waals surface area contributed by atoms with E-state index in [1.54, 1.807) is 28.8 Å². The predicted molar refractivity (Wildman–Crippen MR) is 117 cm³/mol. The number of amides is 1. The van der Waals surface area contributed by atoms with Crippen molar-refractivity contribution in [3.63, 3.8) is 0 Å². The molecule has 0 fully saturated rings. The Balaban J connectivity index is 1.84. The number of unbranched alkanes of at least 4 members (excludes halogenated alkanes) is 2. The third-order valence-electron chi connectivity index (χ3n) is 4.50. The molecule has 0 saturated heterocycles. The topological polar surface area (TPSA) is 78.0 Å². The maximum Gasteiger partial charge on any atom is 0.262 e. The Labute approximate surface area is 180 Å². The van der Waals surface area contributed by atoms with Gasteiger partial charge in [0.05, 0.1) is 10.9 Å². The Hall–Kier alpha value is -2.19. The van der Waals surface area contributed by atoms with Gasteiger partial charge in [0, 0.05) is 23.2 Å². The molecule has 29 heavy (non-hydrogen) atoms. The van der Waals surface area contributed by atoms with Gasteiger partial charge >= 0.3 is 0 Å². The van der Waals surface area contributed by atoms with Crippen molar-refractivity contribution in [1.82, 2.24) is 9.55 Å². The summed E-state index contributed by atoms with van der Waals surface area (Å²) in [6.07, 6.45) is 2.55. The summed E-state index contributed by atoms with van der Waals surface area (Å²) >= 11 is 4.70. The summed E-state index contributed by atoms with van der Waals surface area (Å²) < 4.78 is 16.5. The van der Waals surface area contributed by atoms with Crippen LogP contribution in [-0.4, -0.2) is 15.5 Å². The van der Waals surface area contributed by atoms with Crippen LogP contribution >= 0.6 is 27.7 Å². The van der Waals surface area contributed by atoms with Crippen LogP contribution in [0.2, 0.25) is 0 Å². The van der Waals surface area contributed by atoms with E-state index in [2.05, 4.69) is 20.9 Å². The molecule has 1 amide bonds. The number of carbonyl (C=O) groups is 1. The zero-order chi connectivity index (χ0) is 20.8. The molecule has 0 aliphatic heterocycles. The average molecular weight is 478 g/mol. The molecule has 0 radical (unpaired) electrons. The van der Waals surface area contributed by atoms with Crippen molar-refractivity contribution in [2.75, 3.05) is 0 Å². The van der Waals surface area contributed by atoms with Crippen molar-refractivity contribution in [2.45, 2.75) is 43.1 Å². The molecule has 3 rings (SSSR count). The van der Waals surface area contributed by atoms with Crippen molar-refractivity contribution in [3.05, 3.63) is 68.7 Å². The lowest BCUT2D eigenvalue weighted by Crippen LogP contribution is -2.23. The Morgan fingerprint density at radius 2 is 1.97 bits per heavy atom. The number of halogens is 2. The number of hydrogen-bond acceptors (Lipinski definition) is 4. The fourth-order valence-corrected chi connectivity index (χ4v) is 4.40. The number of aromatic nitrogens is 2. The lowest BCUT2D eigenvalue weighted by atomic mass is 10.2. The third kappa shape index (κ3) is 5.67. The van der Waals surface area contributed by atoms with Crippen LogP contribution in [0, 0.1) is 5.82 Å². The van der Waals surface area contributed by atoms with Gasteiger partial charge in [0.25, 0.3) is 5.56 Å². The van der Waals surface area contributed by atoms with Crippen LogP contribution in [0.5, 0.6) is 0 Å². The lowest BCUT2D eigenvalue weighted by Gasteiger charge is -2.13. The smallest absolute Gasteiger partial charge is 0.262 e. The van der Waals surface area contributed by atoms with Gasteiger partial charge in [0.15, 0.2) is 5.16 Å². The summed E-state index contributed by atoms with van der Waals surface area (Å²) in [5, 5.41) is 1.12. The van der Waals surface area contributed by atoms with Crippen molar-refractivity contribution in [2.24, 2.45) is 5.73 Å². The molecule has 0 saturated carbocycles. The molecule has 0 atom stereocenters. The van der Waals surface area contributed by atoms with Crippen LogP contribution in [-0.2, 0) is 17.1 Å². The highest BCUT2D eigenvalue weighted by Crippen LogP contribution is 2.25. The number of nitrogens with two attached hydrogens (primary N) is 1. The van der Waals surface area contributed by atoms with Gasteiger partial charge in [-0.1, -0.05) is 46.2 Å². The summed E-state index contributed by atoms with van der Waals surface area (Å²) in [4.78, 5) is 28.5. The molecule has 1 aromatic heterocycles. The van der Waals surface area contributed by atoms with E-state index < -0.39 is 0 Å². The molecule has 0 aliphatic rings. The molecular weight excluding hydrogens is 457 g/mol. The highest BCUT2D eigenvalue weighted by atomic mass is 79.9. The van der Waals surface area contributed by atoms with E-state index in [4.69, 9.17) is 5.73 Å². The molecular formula is C21H21BrFN3O2S. The van der Waals surface area contributed by atoms with E-state index in [-0.39, 0.29) is 17.3 Å². The monoisotopic (exact) mass is 477 g/mol.